The van der Waals surface area contributed by atoms with Crippen molar-refractivity contribution in [3.8, 4) is 0 Å². The Hall–Kier alpha value is -0.530. The Morgan fingerprint density at radius 3 is 2.38 bits per heavy atom. The summed E-state index contributed by atoms with van der Waals surface area (Å²) in [5.41, 5.74) is -0.359. The summed E-state index contributed by atoms with van der Waals surface area (Å²) < 4.78 is 0. The van der Waals surface area contributed by atoms with Crippen LogP contribution in [0.2, 0.25) is 0 Å². The van der Waals surface area contributed by atoms with E-state index in [1.165, 1.54) is 32.1 Å². The number of carbonyl (C=O) groups is 1. The van der Waals surface area contributed by atoms with Gasteiger partial charge >= 0.3 is 5.97 Å². The van der Waals surface area contributed by atoms with Crippen molar-refractivity contribution in [1.29, 1.82) is 0 Å². The first-order valence-electron chi connectivity index (χ1n) is 5.38. The lowest BCUT2D eigenvalue weighted by molar-refractivity contribution is -0.143. The molecule has 13 heavy (non-hydrogen) atoms. The van der Waals surface area contributed by atoms with Crippen LogP contribution in [0.15, 0.2) is 0 Å². The fraction of sp³-hybridized carbons (Fsp3) is 0.909. The summed E-state index contributed by atoms with van der Waals surface area (Å²) in [7, 11) is 0. The Bertz CT molecular complexity index is 218. The molecule has 0 amide bonds. The van der Waals surface area contributed by atoms with Gasteiger partial charge in [-0.05, 0) is 25.2 Å². The Morgan fingerprint density at radius 2 is 1.92 bits per heavy atom. The van der Waals surface area contributed by atoms with Crippen LogP contribution in [0.5, 0.6) is 0 Å². The van der Waals surface area contributed by atoms with Crippen LogP contribution in [0.4, 0.5) is 0 Å². The van der Waals surface area contributed by atoms with Gasteiger partial charge in [-0.3, -0.25) is 4.79 Å². The Labute approximate surface area is 79.3 Å². The molecular formula is C11H18O2. The van der Waals surface area contributed by atoms with Crippen LogP contribution in [-0.4, -0.2) is 11.1 Å². The first-order valence-corrected chi connectivity index (χ1v) is 5.38. The van der Waals surface area contributed by atoms with E-state index in [9.17, 15) is 4.79 Å². The number of carboxylic acid groups (broad SMARTS) is 1. The molecule has 74 valence electrons. The fourth-order valence-electron chi connectivity index (χ4n) is 2.87. The average Bonchev–Trinajstić information content (AvgIpc) is 2.81. The predicted molar refractivity (Wildman–Crippen MR) is 50.4 cm³/mol. The number of aliphatic carboxylic acids is 1. The van der Waals surface area contributed by atoms with E-state index < -0.39 is 5.97 Å². The topological polar surface area (TPSA) is 37.3 Å². The van der Waals surface area contributed by atoms with Crippen molar-refractivity contribution in [2.75, 3.05) is 0 Å². The van der Waals surface area contributed by atoms with Crippen LogP contribution in [0.1, 0.15) is 45.4 Å². The van der Waals surface area contributed by atoms with Gasteiger partial charge in [0, 0.05) is 0 Å². The molecule has 2 nitrogen and oxygen atoms in total. The molecule has 2 rings (SSSR count). The zero-order valence-electron chi connectivity index (χ0n) is 8.25. The van der Waals surface area contributed by atoms with E-state index in [2.05, 4.69) is 0 Å². The fourth-order valence-corrected chi connectivity index (χ4v) is 2.87. The molecule has 2 aliphatic rings. The van der Waals surface area contributed by atoms with Gasteiger partial charge in [-0.1, -0.05) is 32.1 Å². The predicted octanol–water partition coefficient (Wildman–Crippen LogP) is 2.68. The molecule has 0 bridgehead atoms. The molecule has 2 fully saturated rings. The first kappa shape index (κ1) is 9.04. The number of hydrogen-bond acceptors (Lipinski definition) is 1. The lowest BCUT2D eigenvalue weighted by Crippen LogP contribution is -2.18. The standard InChI is InChI=1S/C11H18O2/c1-11(10(12)13)7-9(11)8-5-3-2-4-6-8/h8-9H,2-7H2,1H3,(H,12,13)/t9-,11+/m0/s1. The highest BCUT2D eigenvalue weighted by molar-refractivity contribution is 5.78. The van der Waals surface area contributed by atoms with E-state index in [0.717, 1.165) is 12.3 Å². The average molecular weight is 182 g/mol. The Balaban J connectivity index is 1.94. The van der Waals surface area contributed by atoms with Gasteiger partial charge < -0.3 is 5.11 Å². The van der Waals surface area contributed by atoms with Gasteiger partial charge in [0.15, 0.2) is 0 Å². The van der Waals surface area contributed by atoms with E-state index in [1.54, 1.807) is 0 Å². The molecular weight excluding hydrogens is 164 g/mol. The molecule has 0 saturated heterocycles. The summed E-state index contributed by atoms with van der Waals surface area (Å²) in [5.74, 6) is 0.628. The molecule has 0 unspecified atom stereocenters. The first-order chi connectivity index (χ1) is 6.14. The smallest absolute Gasteiger partial charge is 0.309 e. The SMILES string of the molecule is C[C@@]1(C(=O)O)C[C@H]1C1CCCCC1. The third-order valence-electron chi connectivity index (χ3n) is 4.01. The third-order valence-corrected chi connectivity index (χ3v) is 4.01. The van der Waals surface area contributed by atoms with Crippen LogP contribution in [0.3, 0.4) is 0 Å². The summed E-state index contributed by atoms with van der Waals surface area (Å²) in [6.07, 6.45) is 7.45. The highest BCUT2D eigenvalue weighted by atomic mass is 16.4. The van der Waals surface area contributed by atoms with Crippen molar-refractivity contribution in [1.82, 2.24) is 0 Å². The second-order valence-electron chi connectivity index (χ2n) is 4.93. The molecule has 0 aliphatic heterocycles. The zero-order valence-corrected chi connectivity index (χ0v) is 8.25. The maximum atomic E-state index is 10.9. The zero-order chi connectivity index (χ0) is 9.47. The van der Waals surface area contributed by atoms with Gasteiger partial charge in [0.25, 0.3) is 0 Å². The lowest BCUT2D eigenvalue weighted by Gasteiger charge is -2.22. The van der Waals surface area contributed by atoms with E-state index in [-0.39, 0.29) is 5.41 Å². The number of carboxylic acids is 1. The molecule has 0 aromatic rings. The van der Waals surface area contributed by atoms with Crippen LogP contribution in [0, 0.1) is 17.3 Å². The van der Waals surface area contributed by atoms with Gasteiger partial charge in [0.05, 0.1) is 5.41 Å². The maximum Gasteiger partial charge on any atom is 0.309 e. The minimum absolute atomic E-state index is 0.359. The van der Waals surface area contributed by atoms with E-state index in [0.29, 0.717) is 5.92 Å². The summed E-state index contributed by atoms with van der Waals surface area (Å²) >= 11 is 0. The minimum Gasteiger partial charge on any atom is -0.481 e. The van der Waals surface area contributed by atoms with Crippen LogP contribution >= 0.6 is 0 Å². The van der Waals surface area contributed by atoms with Crippen molar-refractivity contribution in [3.63, 3.8) is 0 Å². The molecule has 0 aromatic heterocycles. The van der Waals surface area contributed by atoms with Crippen molar-refractivity contribution >= 4 is 5.97 Å². The van der Waals surface area contributed by atoms with Gasteiger partial charge in [-0.2, -0.15) is 0 Å². The van der Waals surface area contributed by atoms with Crippen molar-refractivity contribution in [2.24, 2.45) is 17.3 Å². The van der Waals surface area contributed by atoms with E-state index >= 15 is 0 Å². The van der Waals surface area contributed by atoms with Crippen LogP contribution in [-0.2, 0) is 4.79 Å². The monoisotopic (exact) mass is 182 g/mol. The lowest BCUT2D eigenvalue weighted by atomic mass is 9.83. The highest BCUT2D eigenvalue weighted by Gasteiger charge is 2.58. The highest BCUT2D eigenvalue weighted by Crippen LogP contribution is 2.59. The maximum absolute atomic E-state index is 10.9. The second kappa shape index (κ2) is 3.00. The van der Waals surface area contributed by atoms with E-state index in [4.69, 9.17) is 5.11 Å². The van der Waals surface area contributed by atoms with Crippen molar-refractivity contribution in [3.05, 3.63) is 0 Å². The van der Waals surface area contributed by atoms with Crippen molar-refractivity contribution < 1.29 is 9.90 Å². The number of hydrogen-bond donors (Lipinski definition) is 1. The Morgan fingerprint density at radius 1 is 1.31 bits per heavy atom. The molecule has 0 spiro atoms. The van der Waals surface area contributed by atoms with E-state index in [1.807, 2.05) is 6.92 Å². The Kier molecular flexibility index (Phi) is 2.09. The van der Waals surface area contributed by atoms with Crippen LogP contribution in [0.25, 0.3) is 0 Å². The third kappa shape index (κ3) is 1.47. The molecule has 2 atom stereocenters. The molecule has 2 saturated carbocycles. The van der Waals surface area contributed by atoms with Gasteiger partial charge in [-0.25, -0.2) is 0 Å². The quantitative estimate of drug-likeness (QED) is 0.713. The van der Waals surface area contributed by atoms with Gasteiger partial charge in [0.2, 0.25) is 0 Å². The summed E-state index contributed by atoms with van der Waals surface area (Å²) in [5, 5.41) is 9.01. The summed E-state index contributed by atoms with van der Waals surface area (Å²) in [4.78, 5) is 10.9. The largest absolute Gasteiger partial charge is 0.481 e. The van der Waals surface area contributed by atoms with Gasteiger partial charge in [-0.15, -0.1) is 0 Å². The second-order valence-corrected chi connectivity index (χ2v) is 4.93. The van der Waals surface area contributed by atoms with Gasteiger partial charge in [0.1, 0.15) is 0 Å². The molecule has 2 heteroatoms. The summed E-state index contributed by atoms with van der Waals surface area (Å²) in [6, 6.07) is 0. The molecule has 1 N–H and O–H groups in total. The summed E-state index contributed by atoms with van der Waals surface area (Å²) in [6.45, 7) is 1.91. The molecule has 0 aromatic carbocycles. The normalized spacial score (nSPS) is 40.2. The van der Waals surface area contributed by atoms with Crippen molar-refractivity contribution in [2.45, 2.75) is 45.4 Å². The molecule has 2 aliphatic carbocycles. The van der Waals surface area contributed by atoms with Crippen LogP contribution < -0.4 is 0 Å². The number of rotatable bonds is 2. The molecule has 0 radical (unpaired) electrons. The minimum atomic E-state index is -0.580. The molecule has 0 heterocycles.